The summed E-state index contributed by atoms with van der Waals surface area (Å²) in [4.78, 5) is 25.5. The predicted octanol–water partition coefficient (Wildman–Crippen LogP) is 14.4. The summed E-state index contributed by atoms with van der Waals surface area (Å²) < 4.78 is 2.52. The van der Waals surface area contributed by atoms with Crippen molar-refractivity contribution in [2.75, 3.05) is 0 Å². The fourth-order valence-electron chi connectivity index (χ4n) is 7.83. The fourth-order valence-corrected chi connectivity index (χ4v) is 8.98. The van der Waals surface area contributed by atoms with E-state index in [0.29, 0.717) is 23.3 Å². The fraction of sp³-hybridized carbons (Fsp3) is 0. The van der Waals surface area contributed by atoms with Crippen LogP contribution in [0.2, 0.25) is 0 Å². The summed E-state index contributed by atoms with van der Waals surface area (Å²) >= 11 is 1.81. The van der Waals surface area contributed by atoms with E-state index in [1.165, 1.54) is 20.2 Å². The Morgan fingerprint density at radius 1 is 0.230 bits per heavy atom. The third-order valence-electron chi connectivity index (χ3n) is 11.0. The van der Waals surface area contributed by atoms with Crippen molar-refractivity contribution in [1.82, 2.24) is 24.9 Å². The quantitative estimate of drug-likeness (QED) is 0.153. The first-order valence-electron chi connectivity index (χ1n) is 20.2. The van der Waals surface area contributed by atoms with Crippen molar-refractivity contribution in [2.24, 2.45) is 0 Å². The topological polar surface area (TPSA) is 64.5 Å². The van der Waals surface area contributed by atoms with Gasteiger partial charge < -0.3 is 0 Å². The van der Waals surface area contributed by atoms with Crippen LogP contribution in [0.3, 0.4) is 0 Å². The lowest BCUT2D eigenvalue weighted by atomic mass is 10.00. The molecule has 3 heterocycles. The van der Waals surface area contributed by atoms with Crippen LogP contribution in [-0.4, -0.2) is 24.9 Å². The standard InChI is InChI=1S/C55H35N5S/c1-4-14-36(15-5-1)37-26-28-40(29-27-37)53-58-52(39-18-8-3-9-19-39)59-55(60-53)45-23-13-21-42(33-45)41-20-12-22-44(32-41)54-56-48(38-16-6-2-7-17-38)35-49(57-54)43-30-31-47-46-24-10-11-25-50(46)61-51(47)34-43/h1-35H. The summed E-state index contributed by atoms with van der Waals surface area (Å²) in [6.45, 7) is 0. The molecule has 286 valence electrons. The zero-order valence-corrected chi connectivity index (χ0v) is 33.7. The number of hydrogen-bond donors (Lipinski definition) is 0. The van der Waals surface area contributed by atoms with Gasteiger partial charge in [-0.3, -0.25) is 0 Å². The molecule has 8 aromatic carbocycles. The van der Waals surface area contributed by atoms with Crippen LogP contribution in [-0.2, 0) is 0 Å². The molecule has 0 fully saturated rings. The van der Waals surface area contributed by atoms with Crippen LogP contribution in [0.15, 0.2) is 212 Å². The minimum Gasteiger partial charge on any atom is -0.228 e. The number of thiophene rings is 1. The van der Waals surface area contributed by atoms with E-state index >= 15 is 0 Å². The lowest BCUT2D eigenvalue weighted by Gasteiger charge is -2.12. The van der Waals surface area contributed by atoms with E-state index < -0.39 is 0 Å². The summed E-state index contributed by atoms with van der Waals surface area (Å²) in [7, 11) is 0. The molecular weight excluding hydrogens is 763 g/mol. The van der Waals surface area contributed by atoms with Gasteiger partial charge in [-0.2, -0.15) is 0 Å². The first-order chi connectivity index (χ1) is 30.2. The Labute approximate surface area is 357 Å². The minimum atomic E-state index is 0.605. The van der Waals surface area contributed by atoms with Crippen LogP contribution >= 0.6 is 11.3 Å². The third-order valence-corrected chi connectivity index (χ3v) is 12.1. The molecule has 0 aliphatic carbocycles. The van der Waals surface area contributed by atoms with Gasteiger partial charge in [-0.05, 0) is 52.6 Å². The predicted molar refractivity (Wildman–Crippen MR) is 252 cm³/mol. The molecule has 0 atom stereocenters. The highest BCUT2D eigenvalue weighted by molar-refractivity contribution is 7.25. The van der Waals surface area contributed by atoms with Gasteiger partial charge in [-0.25, -0.2) is 24.9 Å². The lowest BCUT2D eigenvalue weighted by Crippen LogP contribution is -2.00. The van der Waals surface area contributed by atoms with Crippen LogP contribution in [0.25, 0.3) is 110 Å². The van der Waals surface area contributed by atoms with E-state index in [-0.39, 0.29) is 0 Å². The molecule has 0 saturated carbocycles. The molecule has 5 nitrogen and oxygen atoms in total. The van der Waals surface area contributed by atoms with E-state index in [2.05, 4.69) is 158 Å². The SMILES string of the molecule is c1ccc(-c2ccc(-c3nc(-c4ccccc4)nc(-c4cccc(-c5cccc(-c6nc(-c7ccccc7)cc(-c7ccc8c(c7)sc7ccccc78)n6)c5)c4)n3)cc2)cc1. The number of aromatic nitrogens is 5. The van der Waals surface area contributed by atoms with Gasteiger partial charge in [0, 0.05) is 53.6 Å². The Balaban J connectivity index is 0.977. The second-order valence-electron chi connectivity index (χ2n) is 14.9. The van der Waals surface area contributed by atoms with E-state index in [1.54, 1.807) is 0 Å². The Morgan fingerprint density at radius 2 is 0.639 bits per heavy atom. The Hall–Kier alpha value is -7.93. The van der Waals surface area contributed by atoms with Crippen LogP contribution in [0, 0.1) is 0 Å². The lowest BCUT2D eigenvalue weighted by molar-refractivity contribution is 1.07. The molecule has 0 bridgehead atoms. The maximum Gasteiger partial charge on any atom is 0.164 e. The van der Waals surface area contributed by atoms with Gasteiger partial charge in [0.05, 0.1) is 11.4 Å². The van der Waals surface area contributed by atoms with Gasteiger partial charge in [0.25, 0.3) is 0 Å². The molecule has 0 unspecified atom stereocenters. The summed E-state index contributed by atoms with van der Waals surface area (Å²) in [5, 5.41) is 2.55. The van der Waals surface area contributed by atoms with Gasteiger partial charge in [-0.1, -0.05) is 182 Å². The van der Waals surface area contributed by atoms with E-state index in [1.807, 2.05) is 65.9 Å². The van der Waals surface area contributed by atoms with Gasteiger partial charge in [-0.15, -0.1) is 11.3 Å². The first-order valence-corrected chi connectivity index (χ1v) is 21.0. The van der Waals surface area contributed by atoms with Crippen molar-refractivity contribution in [2.45, 2.75) is 0 Å². The van der Waals surface area contributed by atoms with Crippen molar-refractivity contribution in [3.63, 3.8) is 0 Å². The average Bonchev–Trinajstić information content (AvgIpc) is 3.73. The number of hydrogen-bond acceptors (Lipinski definition) is 6. The zero-order chi connectivity index (χ0) is 40.5. The molecule has 0 amide bonds. The van der Waals surface area contributed by atoms with Gasteiger partial charge in [0.15, 0.2) is 23.3 Å². The zero-order valence-electron chi connectivity index (χ0n) is 32.9. The van der Waals surface area contributed by atoms with Crippen molar-refractivity contribution in [3.8, 4) is 90.3 Å². The molecule has 3 aromatic heterocycles. The second-order valence-corrected chi connectivity index (χ2v) is 16.0. The molecule has 0 spiro atoms. The molecule has 61 heavy (non-hydrogen) atoms. The number of rotatable bonds is 8. The number of benzene rings is 8. The van der Waals surface area contributed by atoms with Crippen LogP contribution in [0.5, 0.6) is 0 Å². The molecule has 0 aliphatic rings. The van der Waals surface area contributed by atoms with E-state index in [0.717, 1.165) is 67.0 Å². The number of fused-ring (bicyclic) bond motifs is 3. The van der Waals surface area contributed by atoms with Crippen LogP contribution < -0.4 is 0 Å². The summed E-state index contributed by atoms with van der Waals surface area (Å²) in [5.41, 5.74) is 11.9. The first kappa shape index (κ1) is 36.2. The van der Waals surface area contributed by atoms with Crippen molar-refractivity contribution in [3.05, 3.63) is 212 Å². The van der Waals surface area contributed by atoms with Crippen LogP contribution in [0.1, 0.15) is 0 Å². The van der Waals surface area contributed by atoms with Crippen LogP contribution in [0.4, 0.5) is 0 Å². The summed E-state index contributed by atoms with van der Waals surface area (Å²) in [5.74, 6) is 2.51. The Bertz CT molecular complexity index is 3350. The normalized spacial score (nSPS) is 11.3. The smallest absolute Gasteiger partial charge is 0.164 e. The van der Waals surface area contributed by atoms with E-state index in [9.17, 15) is 0 Å². The molecule has 11 aromatic rings. The third kappa shape index (κ3) is 7.26. The largest absolute Gasteiger partial charge is 0.228 e. The number of nitrogens with zero attached hydrogens (tertiary/aromatic N) is 5. The molecular formula is C55H35N5S. The molecule has 0 aliphatic heterocycles. The summed E-state index contributed by atoms with van der Waals surface area (Å²) in [6, 6.07) is 73.4. The van der Waals surface area contributed by atoms with Crippen molar-refractivity contribution in [1.29, 1.82) is 0 Å². The Morgan fingerprint density at radius 3 is 1.28 bits per heavy atom. The maximum atomic E-state index is 5.23. The average molecular weight is 798 g/mol. The van der Waals surface area contributed by atoms with Crippen molar-refractivity contribution < 1.29 is 0 Å². The highest BCUT2D eigenvalue weighted by Crippen LogP contribution is 2.38. The molecule has 0 saturated heterocycles. The van der Waals surface area contributed by atoms with Gasteiger partial charge in [0.2, 0.25) is 0 Å². The molecule has 0 radical (unpaired) electrons. The molecule has 11 rings (SSSR count). The highest BCUT2D eigenvalue weighted by Gasteiger charge is 2.16. The summed E-state index contributed by atoms with van der Waals surface area (Å²) in [6.07, 6.45) is 0. The minimum absolute atomic E-state index is 0.605. The van der Waals surface area contributed by atoms with Gasteiger partial charge in [0.1, 0.15) is 0 Å². The molecule has 0 N–H and O–H groups in total. The molecule has 6 heteroatoms. The highest BCUT2D eigenvalue weighted by atomic mass is 32.1. The van der Waals surface area contributed by atoms with E-state index in [4.69, 9.17) is 24.9 Å². The monoisotopic (exact) mass is 797 g/mol. The van der Waals surface area contributed by atoms with Crippen molar-refractivity contribution >= 4 is 31.5 Å². The van der Waals surface area contributed by atoms with Gasteiger partial charge >= 0.3 is 0 Å². The Kier molecular flexibility index (Phi) is 9.30. The second kappa shape index (κ2) is 15.7. The maximum absolute atomic E-state index is 5.23.